The molecule has 4 aromatic carbocycles. The molecule has 2 bridgehead atoms. The van der Waals surface area contributed by atoms with Crippen molar-refractivity contribution in [2.45, 2.75) is 70.0 Å². The number of piperidine rings is 2. The number of piperazine rings is 1. The summed E-state index contributed by atoms with van der Waals surface area (Å²) in [6, 6.07) is 28.1. The molecule has 3 unspecified atom stereocenters. The van der Waals surface area contributed by atoms with Gasteiger partial charge < -0.3 is 19.8 Å². The van der Waals surface area contributed by atoms with Crippen molar-refractivity contribution in [2.75, 3.05) is 50.8 Å². The first-order valence-electron chi connectivity index (χ1n) is 21.8. The van der Waals surface area contributed by atoms with Crippen LogP contribution in [0, 0.1) is 5.92 Å². The summed E-state index contributed by atoms with van der Waals surface area (Å²) in [4.78, 5) is 59.6. The predicted octanol–water partition coefficient (Wildman–Crippen LogP) is 6.31. The van der Waals surface area contributed by atoms with Gasteiger partial charge in [0.15, 0.2) is 0 Å². The first-order valence-corrected chi connectivity index (χ1v) is 21.8. The number of ether oxygens (including phenoxy) is 1. The van der Waals surface area contributed by atoms with E-state index in [0.717, 1.165) is 116 Å². The molecule has 0 aliphatic carbocycles. The fourth-order valence-electron chi connectivity index (χ4n) is 10.3. The number of carbonyl (C=O) groups excluding carboxylic acids is 4. The Morgan fingerprint density at radius 3 is 1.93 bits per heavy atom. The Balaban J connectivity index is 0.757. The first-order chi connectivity index (χ1) is 29.6. The molecule has 4 aromatic rings. The molecule has 0 aromatic heterocycles. The second kappa shape index (κ2) is 17.2. The van der Waals surface area contributed by atoms with Gasteiger partial charge in [-0.2, -0.15) is 0 Å². The Hall–Kier alpha value is -5.98. The lowest BCUT2D eigenvalue weighted by Gasteiger charge is -2.44. The Morgan fingerprint density at radius 1 is 0.705 bits per heavy atom. The van der Waals surface area contributed by atoms with Crippen LogP contribution in [-0.2, 0) is 9.59 Å². The molecule has 9 rings (SSSR count). The van der Waals surface area contributed by atoms with E-state index in [1.165, 1.54) is 0 Å². The number of imide groups is 2. The van der Waals surface area contributed by atoms with Crippen LogP contribution in [0.2, 0.25) is 0 Å². The molecule has 61 heavy (non-hydrogen) atoms. The van der Waals surface area contributed by atoms with Crippen molar-refractivity contribution in [3.8, 4) is 17.2 Å². The Bertz CT molecular complexity index is 2320. The average molecular weight is 824 g/mol. The lowest BCUT2D eigenvalue weighted by Crippen LogP contribution is -2.55. The molecule has 0 spiro atoms. The maximum absolute atomic E-state index is 13.5. The van der Waals surface area contributed by atoms with Crippen molar-refractivity contribution >= 4 is 40.5 Å². The second-order valence-electron chi connectivity index (χ2n) is 17.1. The molecule has 12 nitrogen and oxygen atoms in total. The Morgan fingerprint density at radius 2 is 1.31 bits per heavy atom. The number of carbonyl (C=O) groups is 4. The third kappa shape index (κ3) is 8.26. The van der Waals surface area contributed by atoms with Gasteiger partial charge in [0.25, 0.3) is 11.8 Å². The molecule has 3 atom stereocenters. The van der Waals surface area contributed by atoms with Crippen LogP contribution < -0.4 is 15.0 Å². The SMILES string of the molecule is CCC(=C(c1ccc(O)cc1)c1ccc(OCCN2CCC(CN3CC4CCC(C3)N4c3ccc4c(c3)C(=O)N(C3CCC(=O)NC3=O)C4=O)CC2)cc1)c1ccc(O)cc1. The maximum atomic E-state index is 13.5. The standard InChI is InChI=1S/C49H53N5O7/c1-2-41(32-3-12-38(55)13-4-32)46(33-5-14-39(56)15-6-33)34-7-16-40(17-8-34)61-26-25-51-23-21-31(22-24-51)28-52-29-36-9-10-37(30-52)53(36)35-11-18-42-43(27-35)49(60)54(48(42)59)44-19-20-45(57)50-47(44)58/h3-8,11-18,27,31,36-37,44,55-56H,2,9-10,19-26,28-30H2,1H3,(H,50,57,58). The summed E-state index contributed by atoms with van der Waals surface area (Å²) in [6.07, 6.45) is 5.52. The molecule has 316 valence electrons. The van der Waals surface area contributed by atoms with Crippen molar-refractivity contribution in [1.29, 1.82) is 0 Å². The van der Waals surface area contributed by atoms with Gasteiger partial charge in [-0.25, -0.2) is 0 Å². The van der Waals surface area contributed by atoms with E-state index in [1.54, 1.807) is 30.3 Å². The summed E-state index contributed by atoms with van der Waals surface area (Å²) in [5.74, 6) is 0.0155. The zero-order valence-electron chi connectivity index (χ0n) is 34.6. The van der Waals surface area contributed by atoms with Gasteiger partial charge in [-0.15, -0.1) is 0 Å². The molecule has 4 amide bonds. The molecule has 0 saturated carbocycles. The van der Waals surface area contributed by atoms with Gasteiger partial charge in [-0.05, 0) is 140 Å². The number of hydrogen-bond acceptors (Lipinski definition) is 10. The number of benzene rings is 4. The largest absolute Gasteiger partial charge is 0.508 e. The van der Waals surface area contributed by atoms with E-state index < -0.39 is 23.8 Å². The zero-order chi connectivity index (χ0) is 42.2. The zero-order valence-corrected chi connectivity index (χ0v) is 34.6. The van der Waals surface area contributed by atoms with Gasteiger partial charge in [0, 0.05) is 50.4 Å². The van der Waals surface area contributed by atoms with Gasteiger partial charge in [-0.1, -0.05) is 43.3 Å². The van der Waals surface area contributed by atoms with Crippen LogP contribution in [-0.4, -0.2) is 113 Å². The van der Waals surface area contributed by atoms with Crippen LogP contribution in [0.3, 0.4) is 0 Å². The second-order valence-corrected chi connectivity index (χ2v) is 17.1. The van der Waals surface area contributed by atoms with Gasteiger partial charge in [0.1, 0.15) is 29.9 Å². The normalized spacial score (nSPS) is 22.7. The van der Waals surface area contributed by atoms with Crippen LogP contribution in [0.1, 0.15) is 89.3 Å². The highest BCUT2D eigenvalue weighted by Crippen LogP contribution is 2.39. The minimum absolute atomic E-state index is 0.100. The maximum Gasteiger partial charge on any atom is 0.262 e. The van der Waals surface area contributed by atoms with Crippen LogP contribution in [0.25, 0.3) is 11.1 Å². The van der Waals surface area contributed by atoms with E-state index >= 15 is 0 Å². The summed E-state index contributed by atoms with van der Waals surface area (Å²) in [5, 5.41) is 22.2. The van der Waals surface area contributed by atoms with Crippen LogP contribution >= 0.6 is 0 Å². The first kappa shape index (κ1) is 40.4. The predicted molar refractivity (Wildman–Crippen MR) is 232 cm³/mol. The van der Waals surface area contributed by atoms with Gasteiger partial charge in [-0.3, -0.25) is 39.2 Å². The molecular formula is C49H53N5O7. The van der Waals surface area contributed by atoms with Crippen LogP contribution in [0.5, 0.6) is 17.2 Å². The molecular weight excluding hydrogens is 771 g/mol. The number of phenols is 2. The lowest BCUT2D eigenvalue weighted by molar-refractivity contribution is -0.136. The molecule has 4 saturated heterocycles. The Labute approximate surface area is 356 Å². The summed E-state index contributed by atoms with van der Waals surface area (Å²) < 4.78 is 6.26. The van der Waals surface area contributed by atoms with E-state index in [2.05, 4.69) is 39.1 Å². The number of rotatable bonds is 12. The van der Waals surface area contributed by atoms with E-state index in [4.69, 9.17) is 4.74 Å². The lowest BCUT2D eigenvalue weighted by atomic mass is 9.88. The van der Waals surface area contributed by atoms with Crippen LogP contribution in [0.4, 0.5) is 5.69 Å². The minimum atomic E-state index is -0.965. The number of nitrogens with zero attached hydrogens (tertiary/aromatic N) is 4. The monoisotopic (exact) mass is 823 g/mol. The smallest absolute Gasteiger partial charge is 0.262 e. The molecule has 0 radical (unpaired) electrons. The number of fused-ring (bicyclic) bond motifs is 3. The highest BCUT2D eigenvalue weighted by Gasteiger charge is 2.46. The number of aromatic hydroxyl groups is 2. The molecule has 5 heterocycles. The summed E-state index contributed by atoms with van der Waals surface area (Å²) in [5.41, 5.74) is 6.93. The number of nitrogens with one attached hydrogen (secondary N) is 1. The number of amides is 4. The number of anilines is 1. The molecule has 4 fully saturated rings. The number of hydrogen-bond donors (Lipinski definition) is 3. The third-order valence-corrected chi connectivity index (χ3v) is 13.3. The number of likely N-dealkylation sites (tertiary alicyclic amines) is 2. The molecule has 5 aliphatic heterocycles. The number of phenolic OH excluding ortho intramolecular Hbond substituents is 2. The minimum Gasteiger partial charge on any atom is -0.508 e. The number of allylic oxidation sites excluding steroid dienone is 1. The van der Waals surface area contributed by atoms with Gasteiger partial charge in [0.05, 0.1) is 11.1 Å². The quantitative estimate of drug-likeness (QED) is 0.110. The highest BCUT2D eigenvalue weighted by atomic mass is 16.5. The average Bonchev–Trinajstić information content (AvgIpc) is 3.68. The van der Waals surface area contributed by atoms with Crippen molar-refractivity contribution in [3.05, 3.63) is 119 Å². The van der Waals surface area contributed by atoms with E-state index in [0.29, 0.717) is 35.7 Å². The van der Waals surface area contributed by atoms with Crippen molar-refractivity contribution in [1.82, 2.24) is 20.0 Å². The summed E-state index contributed by atoms with van der Waals surface area (Å²) >= 11 is 0. The molecule has 3 N–H and O–H groups in total. The van der Waals surface area contributed by atoms with Crippen molar-refractivity contribution in [3.63, 3.8) is 0 Å². The van der Waals surface area contributed by atoms with Gasteiger partial charge in [0.2, 0.25) is 11.8 Å². The summed E-state index contributed by atoms with van der Waals surface area (Å²) in [6.45, 7) is 8.74. The van der Waals surface area contributed by atoms with Gasteiger partial charge >= 0.3 is 0 Å². The van der Waals surface area contributed by atoms with Crippen molar-refractivity contribution < 1.29 is 34.1 Å². The fourth-order valence-corrected chi connectivity index (χ4v) is 10.3. The fraction of sp³-hybridized carbons (Fsp3) is 0.388. The van der Waals surface area contributed by atoms with Crippen LogP contribution in [0.15, 0.2) is 91.0 Å². The topological polar surface area (TPSA) is 143 Å². The third-order valence-electron chi connectivity index (χ3n) is 13.3. The molecule has 12 heteroatoms. The van der Waals surface area contributed by atoms with E-state index in [9.17, 15) is 29.4 Å². The van der Waals surface area contributed by atoms with E-state index in [1.807, 2.05) is 48.5 Å². The highest BCUT2D eigenvalue weighted by molar-refractivity contribution is 6.23. The summed E-state index contributed by atoms with van der Waals surface area (Å²) in [7, 11) is 0. The Kier molecular flexibility index (Phi) is 11.4. The van der Waals surface area contributed by atoms with Crippen molar-refractivity contribution in [2.24, 2.45) is 5.92 Å². The van der Waals surface area contributed by atoms with E-state index in [-0.39, 0.29) is 30.2 Å². The molecule has 5 aliphatic rings.